The van der Waals surface area contributed by atoms with Gasteiger partial charge >= 0.3 is 17.9 Å². The molecule has 1 aromatic carbocycles. The van der Waals surface area contributed by atoms with Crippen LogP contribution >= 0.6 is 0 Å². The highest BCUT2D eigenvalue weighted by molar-refractivity contribution is 5.73. The second-order valence-electron chi connectivity index (χ2n) is 7.58. The molecule has 1 aliphatic rings. The van der Waals surface area contributed by atoms with Crippen LogP contribution in [-0.4, -0.2) is 61.1 Å². The summed E-state index contributed by atoms with van der Waals surface area (Å²) in [5.41, 5.74) is 2.03. The molecule has 1 heterocycles. The summed E-state index contributed by atoms with van der Waals surface area (Å²) in [6, 6.07) is 4.37. The van der Waals surface area contributed by atoms with E-state index in [-0.39, 0.29) is 6.61 Å². The van der Waals surface area contributed by atoms with Gasteiger partial charge in [-0.1, -0.05) is 6.07 Å². The van der Waals surface area contributed by atoms with Gasteiger partial charge in [-0.15, -0.1) is 0 Å². The second kappa shape index (κ2) is 10.9. The zero-order valence-electron chi connectivity index (χ0n) is 19.0. The molecule has 1 amide bonds. The number of carbonyl (C=O) groups is 4. The maximum absolute atomic E-state index is 11.9. The van der Waals surface area contributed by atoms with Crippen LogP contribution in [0.3, 0.4) is 0 Å². The predicted molar refractivity (Wildman–Crippen MR) is 111 cm³/mol. The highest BCUT2D eigenvalue weighted by atomic mass is 16.7. The third-order valence-electron chi connectivity index (χ3n) is 4.80. The van der Waals surface area contributed by atoms with Crippen molar-refractivity contribution in [1.29, 1.82) is 0 Å². The van der Waals surface area contributed by atoms with Crippen molar-refractivity contribution in [3.8, 4) is 5.75 Å². The van der Waals surface area contributed by atoms with E-state index in [0.717, 1.165) is 11.1 Å². The molecular weight excluding hydrogens is 422 g/mol. The van der Waals surface area contributed by atoms with Crippen molar-refractivity contribution < 1.29 is 42.9 Å². The van der Waals surface area contributed by atoms with Gasteiger partial charge in [0, 0.05) is 27.7 Å². The molecule has 0 aliphatic carbocycles. The van der Waals surface area contributed by atoms with Crippen LogP contribution in [0.2, 0.25) is 0 Å². The van der Waals surface area contributed by atoms with Crippen LogP contribution < -0.4 is 10.1 Å². The Morgan fingerprint density at radius 3 is 2.06 bits per heavy atom. The fourth-order valence-corrected chi connectivity index (χ4v) is 3.31. The first kappa shape index (κ1) is 25.1. The number of ether oxygens (including phenoxy) is 5. The first-order valence-corrected chi connectivity index (χ1v) is 10.1. The van der Waals surface area contributed by atoms with Crippen LogP contribution in [0.15, 0.2) is 18.2 Å². The number of hydrogen-bond acceptors (Lipinski definition) is 9. The number of benzene rings is 1. The van der Waals surface area contributed by atoms with E-state index in [4.69, 9.17) is 23.7 Å². The van der Waals surface area contributed by atoms with Crippen molar-refractivity contribution in [3.63, 3.8) is 0 Å². The number of amides is 1. The number of nitrogens with one attached hydrogen (secondary N) is 1. The normalized spacial score (nSPS) is 24.8. The van der Waals surface area contributed by atoms with Crippen molar-refractivity contribution >= 4 is 23.8 Å². The van der Waals surface area contributed by atoms with E-state index in [2.05, 4.69) is 5.32 Å². The SMILES string of the molecule is CC(=O)NC1C(Oc2ccc(C)c(C)c2)OC(COC(C)=O)C(OC(C)=O)C1OC(C)=O. The van der Waals surface area contributed by atoms with Crippen molar-refractivity contribution in [2.24, 2.45) is 0 Å². The molecule has 10 heteroatoms. The van der Waals surface area contributed by atoms with Gasteiger partial charge in [-0.2, -0.15) is 0 Å². The van der Waals surface area contributed by atoms with Gasteiger partial charge in [0.05, 0.1) is 0 Å². The first-order valence-electron chi connectivity index (χ1n) is 10.1. The Kier molecular flexibility index (Phi) is 8.59. The average molecular weight is 451 g/mol. The number of esters is 3. The third-order valence-corrected chi connectivity index (χ3v) is 4.80. The average Bonchev–Trinajstić information content (AvgIpc) is 2.66. The number of carbonyl (C=O) groups excluding carboxylic acids is 4. The van der Waals surface area contributed by atoms with Gasteiger partial charge in [0.2, 0.25) is 12.2 Å². The van der Waals surface area contributed by atoms with E-state index in [0.29, 0.717) is 5.75 Å². The summed E-state index contributed by atoms with van der Waals surface area (Å²) in [7, 11) is 0. The van der Waals surface area contributed by atoms with E-state index in [1.165, 1.54) is 27.7 Å². The Morgan fingerprint density at radius 2 is 1.53 bits per heavy atom. The summed E-state index contributed by atoms with van der Waals surface area (Å²) in [6.07, 6.45) is -4.48. The van der Waals surface area contributed by atoms with Gasteiger partial charge in [-0.3, -0.25) is 19.2 Å². The molecule has 5 atom stereocenters. The largest absolute Gasteiger partial charge is 0.463 e. The van der Waals surface area contributed by atoms with E-state index in [1.54, 1.807) is 12.1 Å². The zero-order chi connectivity index (χ0) is 24.0. The number of rotatable bonds is 7. The Labute approximate surface area is 186 Å². The molecule has 1 aliphatic heterocycles. The lowest BCUT2D eigenvalue weighted by atomic mass is 9.96. The monoisotopic (exact) mass is 451 g/mol. The zero-order valence-corrected chi connectivity index (χ0v) is 19.0. The molecule has 0 aromatic heterocycles. The molecule has 1 aromatic rings. The lowest BCUT2D eigenvalue weighted by molar-refractivity contribution is -0.257. The van der Waals surface area contributed by atoms with Crippen LogP contribution in [0, 0.1) is 13.8 Å². The van der Waals surface area contributed by atoms with Gasteiger partial charge in [0.25, 0.3) is 0 Å². The molecule has 1 saturated heterocycles. The minimum absolute atomic E-state index is 0.287. The molecule has 176 valence electrons. The van der Waals surface area contributed by atoms with E-state index in [1.807, 2.05) is 19.9 Å². The maximum Gasteiger partial charge on any atom is 0.303 e. The van der Waals surface area contributed by atoms with Crippen molar-refractivity contribution in [2.45, 2.75) is 72.2 Å². The molecular formula is C22H29NO9. The van der Waals surface area contributed by atoms with Crippen molar-refractivity contribution in [2.75, 3.05) is 6.61 Å². The number of hydrogen-bond donors (Lipinski definition) is 1. The topological polar surface area (TPSA) is 126 Å². The summed E-state index contributed by atoms with van der Waals surface area (Å²) in [4.78, 5) is 46.9. The molecule has 10 nitrogen and oxygen atoms in total. The summed E-state index contributed by atoms with van der Waals surface area (Å²) in [6.45, 7) is 8.44. The first-order chi connectivity index (χ1) is 15.0. The Morgan fingerprint density at radius 1 is 0.906 bits per heavy atom. The Bertz CT molecular complexity index is 869. The van der Waals surface area contributed by atoms with Gasteiger partial charge in [-0.05, 0) is 37.1 Å². The van der Waals surface area contributed by atoms with Gasteiger partial charge < -0.3 is 29.0 Å². The van der Waals surface area contributed by atoms with E-state index in [9.17, 15) is 19.2 Å². The minimum atomic E-state index is -1.16. The quantitative estimate of drug-likeness (QED) is 0.483. The molecule has 2 rings (SSSR count). The highest BCUT2D eigenvalue weighted by Gasteiger charge is 2.51. The van der Waals surface area contributed by atoms with Crippen LogP contribution in [0.4, 0.5) is 0 Å². The minimum Gasteiger partial charge on any atom is -0.463 e. The van der Waals surface area contributed by atoms with Gasteiger partial charge in [0.1, 0.15) is 24.5 Å². The van der Waals surface area contributed by atoms with Crippen molar-refractivity contribution in [1.82, 2.24) is 5.32 Å². The maximum atomic E-state index is 11.9. The predicted octanol–water partition coefficient (Wildman–Crippen LogP) is 1.34. The van der Waals surface area contributed by atoms with Gasteiger partial charge in [-0.25, -0.2) is 0 Å². The standard InChI is InChI=1S/C22H29NO9/c1-11-7-8-17(9-12(11)2)31-22-19(23-13(3)24)21(30-16(6)27)20(29-15(5)26)18(32-22)10-28-14(4)25/h7-9,18-22H,10H2,1-6H3,(H,23,24). The van der Waals surface area contributed by atoms with Crippen LogP contribution in [0.1, 0.15) is 38.8 Å². The molecule has 0 radical (unpaired) electrons. The fraction of sp³-hybridized carbons (Fsp3) is 0.545. The molecule has 1 fully saturated rings. The number of aryl methyl sites for hydroxylation is 2. The summed E-state index contributed by atoms with van der Waals surface area (Å²) in [5, 5.41) is 2.66. The molecule has 5 unspecified atom stereocenters. The fourth-order valence-electron chi connectivity index (χ4n) is 3.31. The summed E-state index contributed by atoms with van der Waals surface area (Å²) in [5.74, 6) is -1.90. The molecule has 0 bridgehead atoms. The smallest absolute Gasteiger partial charge is 0.303 e. The highest BCUT2D eigenvalue weighted by Crippen LogP contribution is 2.29. The second-order valence-corrected chi connectivity index (χ2v) is 7.58. The van der Waals surface area contributed by atoms with Crippen LogP contribution in [0.25, 0.3) is 0 Å². The van der Waals surface area contributed by atoms with Crippen molar-refractivity contribution in [3.05, 3.63) is 29.3 Å². The van der Waals surface area contributed by atoms with E-state index >= 15 is 0 Å². The van der Waals surface area contributed by atoms with E-state index < -0.39 is 54.5 Å². The lowest BCUT2D eigenvalue weighted by Crippen LogP contribution is -2.67. The Hall–Kier alpha value is -3.14. The molecule has 0 saturated carbocycles. The molecule has 0 spiro atoms. The van der Waals surface area contributed by atoms with Crippen LogP contribution in [0.5, 0.6) is 5.75 Å². The summed E-state index contributed by atoms with van der Waals surface area (Å²) >= 11 is 0. The Balaban J connectivity index is 2.46. The molecule has 32 heavy (non-hydrogen) atoms. The lowest BCUT2D eigenvalue weighted by Gasteiger charge is -2.44. The third kappa shape index (κ3) is 6.94. The van der Waals surface area contributed by atoms with Gasteiger partial charge in [0.15, 0.2) is 12.2 Å². The molecule has 1 N–H and O–H groups in total. The summed E-state index contributed by atoms with van der Waals surface area (Å²) < 4.78 is 27.8. The van der Waals surface area contributed by atoms with Crippen LogP contribution in [-0.2, 0) is 38.1 Å².